The van der Waals surface area contributed by atoms with Gasteiger partial charge in [-0.05, 0) is 60.0 Å². The maximum atomic E-state index is 12.9. The zero-order valence-electron chi connectivity index (χ0n) is 16.8. The smallest absolute Gasteiger partial charge is 0.291 e. The maximum absolute atomic E-state index is 12.9. The highest BCUT2D eigenvalue weighted by Gasteiger charge is 2.28. The van der Waals surface area contributed by atoms with E-state index in [1.165, 1.54) is 6.20 Å². The maximum Gasteiger partial charge on any atom is 0.291 e. The highest BCUT2D eigenvalue weighted by atomic mass is 79.9. The molecule has 0 atom stereocenters. The normalized spacial score (nSPS) is 14.2. The number of aryl methyl sites for hydroxylation is 1. The number of fused-ring (bicyclic) bond motifs is 1. The van der Waals surface area contributed by atoms with Crippen LogP contribution >= 0.6 is 39.1 Å². The topological polar surface area (TPSA) is 96.6 Å². The van der Waals surface area contributed by atoms with Crippen molar-refractivity contribution in [1.29, 1.82) is 0 Å². The highest BCUT2D eigenvalue weighted by Crippen LogP contribution is 2.31. The molecule has 1 aromatic carbocycles. The van der Waals surface area contributed by atoms with Crippen LogP contribution in [0.5, 0.6) is 0 Å². The molecule has 3 aromatic rings. The van der Waals surface area contributed by atoms with Gasteiger partial charge in [-0.2, -0.15) is 5.10 Å². The molecular formula is C22H17BrCl2N4O3. The number of hydrogen-bond acceptors (Lipinski definition) is 5. The number of carbonyl (C=O) groups is 2. The quantitative estimate of drug-likeness (QED) is 0.414. The Hall–Kier alpha value is -2.68. The van der Waals surface area contributed by atoms with Crippen molar-refractivity contribution in [1.82, 2.24) is 10.4 Å². The average Bonchev–Trinajstić information content (AvgIpc) is 3.12. The van der Waals surface area contributed by atoms with Crippen LogP contribution in [0.1, 0.15) is 50.6 Å². The first kappa shape index (κ1) is 22.5. The number of benzene rings is 1. The summed E-state index contributed by atoms with van der Waals surface area (Å²) >= 11 is 15.4. The van der Waals surface area contributed by atoms with Gasteiger partial charge in [0.05, 0.1) is 22.0 Å². The van der Waals surface area contributed by atoms with Crippen molar-refractivity contribution < 1.29 is 14.0 Å². The molecule has 7 nitrogen and oxygen atoms in total. The van der Waals surface area contributed by atoms with Crippen LogP contribution < -0.4 is 10.7 Å². The molecule has 0 aliphatic heterocycles. The number of halogens is 3. The number of nitrogens with one attached hydrogen (secondary N) is 2. The van der Waals surface area contributed by atoms with E-state index in [2.05, 4.69) is 36.8 Å². The third kappa shape index (κ3) is 4.72. The van der Waals surface area contributed by atoms with E-state index in [9.17, 15) is 9.59 Å². The molecule has 0 fully saturated rings. The molecule has 10 heteroatoms. The fourth-order valence-corrected chi connectivity index (χ4v) is 4.19. The average molecular weight is 536 g/mol. The standard InChI is InChI=1S/C22H17BrCl2N4O3/c1-11-19-16(28-29-21(30)12-7-13(23)10-26-9-12)3-2-4-18(19)32-20(11)22(31)27-17-8-14(24)5-6-15(17)25/h5-10H,2-4H2,1H3,(H,27,31)(H,29,30)/b28-16+. The molecule has 164 valence electrons. The summed E-state index contributed by atoms with van der Waals surface area (Å²) in [6.07, 6.45) is 5.15. The Balaban J connectivity index is 1.58. The molecule has 1 aliphatic rings. The first-order chi connectivity index (χ1) is 15.3. The van der Waals surface area contributed by atoms with Crippen molar-refractivity contribution in [3.63, 3.8) is 0 Å². The molecule has 2 amide bonds. The highest BCUT2D eigenvalue weighted by molar-refractivity contribution is 9.10. The van der Waals surface area contributed by atoms with Crippen molar-refractivity contribution in [3.05, 3.63) is 79.4 Å². The molecule has 1 aliphatic carbocycles. The monoisotopic (exact) mass is 534 g/mol. The number of anilines is 1. The van der Waals surface area contributed by atoms with Crippen LogP contribution in [0.15, 0.2) is 50.7 Å². The van der Waals surface area contributed by atoms with Gasteiger partial charge >= 0.3 is 0 Å². The molecular weight excluding hydrogens is 519 g/mol. The molecule has 0 saturated carbocycles. The Morgan fingerprint density at radius 2 is 1.97 bits per heavy atom. The van der Waals surface area contributed by atoms with E-state index < -0.39 is 5.91 Å². The van der Waals surface area contributed by atoms with Crippen LogP contribution in [0, 0.1) is 6.92 Å². The van der Waals surface area contributed by atoms with Crippen molar-refractivity contribution >= 4 is 62.3 Å². The number of hydrogen-bond donors (Lipinski definition) is 2. The van der Waals surface area contributed by atoms with Gasteiger partial charge in [0.1, 0.15) is 5.76 Å². The predicted octanol–water partition coefficient (Wildman–Crippen LogP) is 5.78. The molecule has 2 N–H and O–H groups in total. The van der Waals surface area contributed by atoms with Crippen LogP contribution in [0.4, 0.5) is 5.69 Å². The molecule has 0 unspecified atom stereocenters. The predicted molar refractivity (Wildman–Crippen MR) is 127 cm³/mol. The third-order valence-corrected chi connectivity index (χ3v) is 5.97. The number of hydrazone groups is 1. The van der Waals surface area contributed by atoms with Crippen LogP contribution in [-0.4, -0.2) is 22.5 Å². The van der Waals surface area contributed by atoms with Gasteiger partial charge in [0.25, 0.3) is 11.8 Å². The van der Waals surface area contributed by atoms with Crippen LogP contribution in [0.3, 0.4) is 0 Å². The fourth-order valence-electron chi connectivity index (χ4n) is 3.49. The Morgan fingerprint density at radius 3 is 2.75 bits per heavy atom. The van der Waals surface area contributed by atoms with Crippen molar-refractivity contribution in [2.45, 2.75) is 26.2 Å². The summed E-state index contributed by atoms with van der Waals surface area (Å²) in [6.45, 7) is 1.79. The second kappa shape index (κ2) is 9.44. The van der Waals surface area contributed by atoms with Gasteiger partial charge in [0.2, 0.25) is 0 Å². The summed E-state index contributed by atoms with van der Waals surface area (Å²) in [6, 6.07) is 6.46. The Labute approximate surface area is 202 Å². The van der Waals surface area contributed by atoms with E-state index in [0.29, 0.717) is 55.6 Å². The van der Waals surface area contributed by atoms with Gasteiger partial charge in [-0.1, -0.05) is 23.2 Å². The molecule has 2 aromatic heterocycles. The van der Waals surface area contributed by atoms with Gasteiger partial charge < -0.3 is 9.73 Å². The summed E-state index contributed by atoms with van der Waals surface area (Å²) in [7, 11) is 0. The minimum atomic E-state index is -0.440. The van der Waals surface area contributed by atoms with E-state index in [4.69, 9.17) is 27.6 Å². The summed E-state index contributed by atoms with van der Waals surface area (Å²) in [4.78, 5) is 29.3. The second-order valence-corrected chi connectivity index (χ2v) is 8.94. The second-order valence-electron chi connectivity index (χ2n) is 7.18. The lowest BCUT2D eigenvalue weighted by Crippen LogP contribution is -2.22. The molecule has 4 rings (SSSR count). The van der Waals surface area contributed by atoms with Crippen molar-refractivity contribution in [2.24, 2.45) is 5.10 Å². The fraction of sp³-hybridized carbons (Fsp3) is 0.182. The third-order valence-electron chi connectivity index (χ3n) is 4.97. The first-order valence-electron chi connectivity index (χ1n) is 9.70. The van der Waals surface area contributed by atoms with Gasteiger partial charge in [-0.15, -0.1) is 0 Å². The zero-order valence-corrected chi connectivity index (χ0v) is 19.9. The number of rotatable bonds is 4. The summed E-state index contributed by atoms with van der Waals surface area (Å²) < 4.78 is 6.57. The largest absolute Gasteiger partial charge is 0.455 e. The number of amides is 2. The summed E-state index contributed by atoms with van der Waals surface area (Å²) in [5, 5.41) is 7.87. The van der Waals surface area contributed by atoms with E-state index in [-0.39, 0.29) is 11.7 Å². The van der Waals surface area contributed by atoms with Crippen LogP contribution in [0.25, 0.3) is 0 Å². The van der Waals surface area contributed by atoms with Gasteiger partial charge in [-0.3, -0.25) is 14.6 Å². The lowest BCUT2D eigenvalue weighted by atomic mass is 9.93. The number of aromatic nitrogens is 1. The SMILES string of the molecule is Cc1c(C(=O)Nc2cc(Cl)ccc2Cl)oc2c1/C(=N/NC(=O)c1cncc(Br)c1)CCC2. The zero-order chi connectivity index (χ0) is 22.8. The van der Waals surface area contributed by atoms with E-state index >= 15 is 0 Å². The Morgan fingerprint density at radius 1 is 1.16 bits per heavy atom. The molecule has 2 heterocycles. The summed E-state index contributed by atoms with van der Waals surface area (Å²) in [5.74, 6) is 0.00849. The molecule has 32 heavy (non-hydrogen) atoms. The number of nitrogens with zero attached hydrogens (tertiary/aromatic N) is 2. The van der Waals surface area contributed by atoms with Crippen molar-refractivity contribution in [2.75, 3.05) is 5.32 Å². The number of carbonyl (C=O) groups excluding carboxylic acids is 2. The lowest BCUT2D eigenvalue weighted by molar-refractivity contribution is 0.0953. The number of furan rings is 1. The van der Waals surface area contributed by atoms with Crippen LogP contribution in [0.2, 0.25) is 10.0 Å². The Kier molecular flexibility index (Phi) is 6.64. The van der Waals surface area contributed by atoms with Crippen molar-refractivity contribution in [3.8, 4) is 0 Å². The molecule has 0 bridgehead atoms. The van der Waals surface area contributed by atoms with Gasteiger partial charge in [0, 0.05) is 39.4 Å². The summed E-state index contributed by atoms with van der Waals surface area (Å²) in [5.41, 5.74) is 5.38. The lowest BCUT2D eigenvalue weighted by Gasteiger charge is -2.13. The van der Waals surface area contributed by atoms with Crippen LogP contribution in [-0.2, 0) is 6.42 Å². The number of pyridine rings is 1. The molecule has 0 saturated heterocycles. The van der Waals surface area contributed by atoms with E-state index in [1.54, 1.807) is 37.4 Å². The minimum Gasteiger partial charge on any atom is -0.455 e. The first-order valence-corrected chi connectivity index (χ1v) is 11.2. The minimum absolute atomic E-state index is 0.170. The Bertz CT molecular complexity index is 1260. The van der Waals surface area contributed by atoms with E-state index in [1.807, 2.05) is 0 Å². The van der Waals surface area contributed by atoms with Gasteiger partial charge in [-0.25, -0.2) is 5.43 Å². The van der Waals surface area contributed by atoms with Gasteiger partial charge in [0.15, 0.2) is 5.76 Å². The van der Waals surface area contributed by atoms with E-state index in [0.717, 1.165) is 12.0 Å². The molecule has 0 spiro atoms. The molecule has 0 radical (unpaired) electrons.